The Morgan fingerprint density at radius 1 is 1.02 bits per heavy atom. The number of fused-ring (bicyclic) bond motifs is 2. The molecule has 60 heavy (non-hydrogen) atoms. The van der Waals surface area contributed by atoms with Gasteiger partial charge in [0.05, 0.1) is 6.61 Å². The van der Waals surface area contributed by atoms with Gasteiger partial charge >= 0.3 is 29.8 Å². The molecule has 2 aliphatic heterocycles. The number of carboxylic acids is 1. The molecule has 0 spiro atoms. The molecule has 2 bridgehead atoms. The number of hydrogen-bond donors (Lipinski definition) is 3. The van der Waals surface area contributed by atoms with Crippen LogP contribution in [0, 0.1) is 23.7 Å². The van der Waals surface area contributed by atoms with Gasteiger partial charge in [0, 0.05) is 39.4 Å². The van der Waals surface area contributed by atoms with Crippen molar-refractivity contribution >= 4 is 35.8 Å². The molecule has 16 nitrogen and oxygen atoms in total. The average Bonchev–Trinajstić information content (AvgIpc) is 3.40. The van der Waals surface area contributed by atoms with E-state index in [9.17, 15) is 44.1 Å². The van der Waals surface area contributed by atoms with Gasteiger partial charge in [0.25, 0.3) is 5.91 Å². The minimum absolute atomic E-state index is 0.0224. The van der Waals surface area contributed by atoms with Crippen molar-refractivity contribution in [2.45, 2.75) is 128 Å². The molecule has 10 atom stereocenters. The number of aliphatic carboxylic acids is 1. The summed E-state index contributed by atoms with van der Waals surface area (Å²) in [6, 6.07) is 9.38. The fourth-order valence-electron chi connectivity index (χ4n) is 7.40. The second-order valence-corrected chi connectivity index (χ2v) is 16.7. The lowest BCUT2D eigenvalue weighted by atomic mass is 9.74. The Hall–Kier alpha value is -4.64. The molecule has 2 heterocycles. The van der Waals surface area contributed by atoms with Crippen molar-refractivity contribution in [3.8, 4) is 0 Å². The molecule has 2 fully saturated rings. The van der Waals surface area contributed by atoms with Crippen molar-refractivity contribution in [1.82, 2.24) is 4.90 Å². The largest absolute Gasteiger partial charge is 0.479 e. The average molecular weight is 846 g/mol. The maximum Gasteiger partial charge on any atom is 0.346 e. The van der Waals surface area contributed by atoms with E-state index in [0.29, 0.717) is 25.2 Å². The summed E-state index contributed by atoms with van der Waals surface area (Å²) in [5.74, 6) is -10.8. The maximum atomic E-state index is 14.1. The minimum Gasteiger partial charge on any atom is -0.479 e. The molecule has 2 aliphatic rings. The van der Waals surface area contributed by atoms with E-state index >= 15 is 0 Å². The van der Waals surface area contributed by atoms with Crippen LogP contribution in [-0.4, -0.2) is 125 Å². The third kappa shape index (κ3) is 11.4. The van der Waals surface area contributed by atoms with Crippen molar-refractivity contribution < 1.29 is 72.5 Å². The number of ether oxygens (including phenoxy) is 6. The molecule has 0 aromatic heterocycles. The van der Waals surface area contributed by atoms with E-state index in [-0.39, 0.29) is 36.4 Å². The van der Waals surface area contributed by atoms with E-state index < -0.39 is 90.2 Å². The molecule has 16 heteroatoms. The number of carbonyl (C=O) groups is 6. The van der Waals surface area contributed by atoms with Gasteiger partial charge in [-0.2, -0.15) is 0 Å². The Morgan fingerprint density at radius 3 is 2.23 bits per heavy atom. The van der Waals surface area contributed by atoms with E-state index in [1.54, 1.807) is 0 Å². The van der Waals surface area contributed by atoms with E-state index in [4.69, 9.17) is 28.4 Å². The Morgan fingerprint density at radius 2 is 1.67 bits per heavy atom. The fraction of sp³-hybridized carbons (Fsp3) is 0.636. The molecular weight excluding hydrogens is 782 g/mol. The summed E-state index contributed by atoms with van der Waals surface area (Å²) in [6.07, 6.45) is -4.10. The minimum atomic E-state index is -3.75. The van der Waals surface area contributed by atoms with Crippen LogP contribution in [0.2, 0.25) is 0 Å². The van der Waals surface area contributed by atoms with Gasteiger partial charge in [-0.3, -0.25) is 9.59 Å². The van der Waals surface area contributed by atoms with E-state index in [2.05, 4.69) is 6.58 Å². The number of benzene rings is 1. The first-order valence-electron chi connectivity index (χ1n) is 20.4. The lowest BCUT2D eigenvalue weighted by Crippen LogP contribution is -2.78. The van der Waals surface area contributed by atoms with Gasteiger partial charge in [0.2, 0.25) is 23.1 Å². The molecular formula is C44H63NO15. The summed E-state index contributed by atoms with van der Waals surface area (Å²) in [7, 11) is 2.70. The van der Waals surface area contributed by atoms with Crippen LogP contribution < -0.4 is 0 Å². The first kappa shape index (κ1) is 49.7. The molecule has 3 N–H and O–H groups in total. The first-order valence-corrected chi connectivity index (χ1v) is 20.4. The second kappa shape index (κ2) is 21.2. The summed E-state index contributed by atoms with van der Waals surface area (Å²) in [4.78, 5) is 81.3. The topological polar surface area (TPSA) is 222 Å². The van der Waals surface area contributed by atoms with Crippen LogP contribution in [0.1, 0.15) is 86.1 Å². The predicted molar refractivity (Wildman–Crippen MR) is 216 cm³/mol. The second-order valence-electron chi connectivity index (χ2n) is 16.7. The van der Waals surface area contributed by atoms with Crippen molar-refractivity contribution in [2.24, 2.45) is 23.7 Å². The van der Waals surface area contributed by atoms with E-state index in [0.717, 1.165) is 23.0 Å². The van der Waals surface area contributed by atoms with Crippen LogP contribution in [0.5, 0.6) is 0 Å². The SMILES string of the molecule is C=C(CCC12OC(C(=O)OCCC(C)C)C(O)(C(=O)OCC(=O)N(C)C)C(C(=O)O)(O1)[C@H](OC(=O)/C=C/[C@@H](C)C[C@@H](C)CC)[C@H]2O)[C@@H](OC(C)=O)[C@H](C)Cc1ccccc1. The predicted octanol–water partition coefficient (Wildman–Crippen LogP) is 3.94. The number of carbonyl (C=O) groups excluding carboxylic acids is 5. The number of esters is 4. The number of rotatable bonds is 22. The van der Waals surface area contributed by atoms with Crippen molar-refractivity contribution in [2.75, 3.05) is 27.3 Å². The zero-order valence-corrected chi connectivity index (χ0v) is 36.2. The third-order valence-electron chi connectivity index (χ3n) is 11.0. The molecule has 0 radical (unpaired) electrons. The van der Waals surface area contributed by atoms with Crippen molar-refractivity contribution in [3.05, 3.63) is 60.2 Å². The number of hydrogen-bond acceptors (Lipinski definition) is 14. The zero-order chi connectivity index (χ0) is 45.2. The van der Waals surface area contributed by atoms with Gasteiger partial charge in [-0.25, -0.2) is 19.2 Å². The van der Waals surface area contributed by atoms with Crippen LogP contribution in [0.15, 0.2) is 54.6 Å². The highest BCUT2D eigenvalue weighted by Crippen LogP contribution is 2.56. The first-order chi connectivity index (χ1) is 28.1. The van der Waals surface area contributed by atoms with Crippen LogP contribution >= 0.6 is 0 Å². The van der Waals surface area contributed by atoms with Gasteiger partial charge in [0.15, 0.2) is 12.7 Å². The third-order valence-corrected chi connectivity index (χ3v) is 11.0. The van der Waals surface area contributed by atoms with Gasteiger partial charge in [-0.15, -0.1) is 0 Å². The van der Waals surface area contributed by atoms with E-state index in [1.807, 2.05) is 71.9 Å². The Kier molecular flexibility index (Phi) is 17.6. The van der Waals surface area contributed by atoms with Crippen LogP contribution in [0.3, 0.4) is 0 Å². The zero-order valence-electron chi connectivity index (χ0n) is 36.2. The Labute approximate surface area is 352 Å². The molecule has 4 unspecified atom stereocenters. The molecule has 3 rings (SSSR count). The highest BCUT2D eigenvalue weighted by atomic mass is 16.8. The summed E-state index contributed by atoms with van der Waals surface area (Å²) < 4.78 is 34.0. The van der Waals surface area contributed by atoms with Gasteiger partial charge < -0.3 is 48.6 Å². The summed E-state index contributed by atoms with van der Waals surface area (Å²) >= 11 is 0. The summed E-state index contributed by atoms with van der Waals surface area (Å²) in [5.41, 5.74) is -6.04. The lowest BCUT2D eigenvalue weighted by Gasteiger charge is -2.49. The normalized spacial score (nSPS) is 26.7. The fourth-order valence-corrected chi connectivity index (χ4v) is 7.40. The number of carboxylic acid groups (broad SMARTS) is 1. The molecule has 0 aliphatic carbocycles. The molecule has 1 amide bonds. The Balaban J connectivity index is 2.18. The summed E-state index contributed by atoms with van der Waals surface area (Å²) in [6.45, 7) is 15.5. The number of allylic oxidation sites excluding steroid dienone is 1. The van der Waals surface area contributed by atoms with Crippen LogP contribution in [0.4, 0.5) is 0 Å². The van der Waals surface area contributed by atoms with Gasteiger partial charge in [-0.1, -0.05) is 91.0 Å². The van der Waals surface area contributed by atoms with E-state index in [1.165, 1.54) is 27.1 Å². The molecule has 2 saturated heterocycles. The van der Waals surface area contributed by atoms with Crippen LogP contribution in [0.25, 0.3) is 0 Å². The van der Waals surface area contributed by atoms with Crippen molar-refractivity contribution in [1.29, 1.82) is 0 Å². The highest BCUT2D eigenvalue weighted by molar-refractivity contribution is 5.99. The van der Waals surface area contributed by atoms with Crippen molar-refractivity contribution in [3.63, 3.8) is 0 Å². The lowest BCUT2D eigenvalue weighted by molar-refractivity contribution is -0.375. The molecule has 334 valence electrons. The molecule has 1 aromatic rings. The smallest absolute Gasteiger partial charge is 0.346 e. The number of aliphatic hydroxyl groups is 2. The van der Waals surface area contributed by atoms with Crippen LogP contribution in [-0.2, 0) is 63.6 Å². The molecule has 1 aromatic carbocycles. The summed E-state index contributed by atoms with van der Waals surface area (Å²) in [5, 5.41) is 35.8. The van der Waals surface area contributed by atoms with Gasteiger partial charge in [-0.05, 0) is 54.6 Å². The quantitative estimate of drug-likeness (QED) is 0.0651. The number of amides is 1. The number of nitrogens with zero attached hydrogens (tertiary/aromatic N) is 1. The monoisotopic (exact) mass is 845 g/mol. The molecule has 0 saturated carbocycles. The Bertz CT molecular complexity index is 1730. The highest BCUT2D eigenvalue weighted by Gasteiger charge is 2.86. The standard InChI is InChI=1S/C44H63NO15/c1-11-27(4)23-28(5)17-18-34(48)58-37-36(49)42(21-19-29(6)35(57-31(8)46)30(7)24-32-15-13-12-14-16-32)59-38(39(50)55-22-20-26(2)3)43(54,44(37,60-42)40(51)52)41(53)56-25-33(47)45(9)10/h12-18,26-28,30,35-38,49,54H,6,11,19-25H2,1-5,7-10H3,(H,51,52)/b18-17+/t27-,28+,30+,35+,36+,37+,38?,42?,43?,44?/m0/s1. The number of likely N-dealkylation sites (N-methyl/N-ethyl adjacent to an activating group) is 1. The van der Waals surface area contributed by atoms with Gasteiger partial charge in [0.1, 0.15) is 12.2 Å². The maximum absolute atomic E-state index is 14.1. The number of aliphatic hydroxyl groups excluding tert-OH is 1.